The van der Waals surface area contributed by atoms with Crippen LogP contribution in [0.3, 0.4) is 0 Å². The summed E-state index contributed by atoms with van der Waals surface area (Å²) in [5.41, 5.74) is 1.56. The molecule has 1 aromatic heterocycles. The molecular weight excluding hydrogens is 432 g/mol. The molecule has 6 nitrogen and oxygen atoms in total. The number of rotatable bonds is 7. The summed E-state index contributed by atoms with van der Waals surface area (Å²) in [4.78, 5) is 13.5. The predicted molar refractivity (Wildman–Crippen MR) is 115 cm³/mol. The van der Waals surface area contributed by atoms with Gasteiger partial charge in [0.25, 0.3) is 15.9 Å². The highest BCUT2D eigenvalue weighted by Crippen LogP contribution is 2.30. The van der Waals surface area contributed by atoms with Crippen LogP contribution in [-0.4, -0.2) is 21.4 Å². The lowest BCUT2D eigenvalue weighted by Crippen LogP contribution is -2.23. The van der Waals surface area contributed by atoms with Gasteiger partial charge in [-0.05, 0) is 60.3 Å². The van der Waals surface area contributed by atoms with Crippen molar-refractivity contribution in [3.05, 3.63) is 74.9 Å². The highest BCUT2D eigenvalue weighted by Gasteiger charge is 2.19. The third-order valence-corrected chi connectivity index (χ3v) is 6.81. The van der Waals surface area contributed by atoms with Crippen LogP contribution in [0, 0.1) is 6.92 Å². The number of carbonyl (C=O) groups excluding carboxylic acids is 1. The SMILES string of the molecule is COc1ccc(Cl)cc1NS(=O)(=O)c1cccc(C(=O)NCc2sccc2C)c1. The minimum atomic E-state index is -3.95. The molecular formula is C20H19ClN2O4S2. The van der Waals surface area contributed by atoms with E-state index in [2.05, 4.69) is 10.0 Å². The molecule has 1 heterocycles. The molecule has 0 radical (unpaired) electrons. The summed E-state index contributed by atoms with van der Waals surface area (Å²) in [6.45, 7) is 2.36. The van der Waals surface area contributed by atoms with Crippen molar-refractivity contribution in [2.24, 2.45) is 0 Å². The summed E-state index contributed by atoms with van der Waals surface area (Å²) in [7, 11) is -2.52. The average molecular weight is 451 g/mol. The maximum atomic E-state index is 12.8. The van der Waals surface area contributed by atoms with Gasteiger partial charge in [-0.2, -0.15) is 0 Å². The normalized spacial score (nSPS) is 11.1. The molecule has 1 amide bonds. The highest BCUT2D eigenvalue weighted by molar-refractivity contribution is 7.92. The number of methoxy groups -OCH3 is 1. The summed E-state index contributed by atoms with van der Waals surface area (Å²) in [5, 5.41) is 5.13. The van der Waals surface area contributed by atoms with Crippen LogP contribution in [-0.2, 0) is 16.6 Å². The van der Waals surface area contributed by atoms with E-state index in [9.17, 15) is 13.2 Å². The van der Waals surface area contributed by atoms with E-state index in [0.29, 0.717) is 17.3 Å². The lowest BCUT2D eigenvalue weighted by molar-refractivity contribution is 0.0951. The molecule has 152 valence electrons. The van der Waals surface area contributed by atoms with E-state index in [-0.39, 0.29) is 22.1 Å². The number of hydrogen-bond donors (Lipinski definition) is 2. The number of anilines is 1. The van der Waals surface area contributed by atoms with E-state index >= 15 is 0 Å². The third kappa shape index (κ3) is 5.09. The minimum Gasteiger partial charge on any atom is -0.495 e. The molecule has 0 fully saturated rings. The Labute approximate surface area is 178 Å². The van der Waals surface area contributed by atoms with E-state index in [1.807, 2.05) is 18.4 Å². The van der Waals surface area contributed by atoms with Crippen LogP contribution in [0.15, 0.2) is 58.8 Å². The van der Waals surface area contributed by atoms with Crippen molar-refractivity contribution in [1.29, 1.82) is 0 Å². The van der Waals surface area contributed by atoms with Gasteiger partial charge < -0.3 is 10.1 Å². The molecule has 3 rings (SSSR count). The first-order valence-electron chi connectivity index (χ1n) is 8.58. The van der Waals surface area contributed by atoms with Gasteiger partial charge in [0.05, 0.1) is 24.2 Å². The Kier molecular flexibility index (Phi) is 6.46. The van der Waals surface area contributed by atoms with Gasteiger partial charge in [-0.1, -0.05) is 17.7 Å². The zero-order chi connectivity index (χ0) is 21.0. The van der Waals surface area contributed by atoms with Crippen LogP contribution in [0.4, 0.5) is 5.69 Å². The second-order valence-corrected chi connectivity index (χ2v) is 9.31. The first kappa shape index (κ1) is 21.2. The molecule has 0 saturated carbocycles. The number of benzene rings is 2. The van der Waals surface area contributed by atoms with Gasteiger partial charge in [0.2, 0.25) is 0 Å². The van der Waals surface area contributed by atoms with E-state index < -0.39 is 10.0 Å². The van der Waals surface area contributed by atoms with Gasteiger partial charge in [0, 0.05) is 15.5 Å². The van der Waals surface area contributed by atoms with Gasteiger partial charge in [-0.3, -0.25) is 9.52 Å². The number of hydrogen-bond acceptors (Lipinski definition) is 5. The maximum Gasteiger partial charge on any atom is 0.262 e. The van der Waals surface area contributed by atoms with Crippen LogP contribution in [0.2, 0.25) is 5.02 Å². The standard InChI is InChI=1S/C20H19ClN2O4S2/c1-13-8-9-28-19(13)12-22-20(24)14-4-3-5-16(10-14)29(25,26)23-17-11-15(21)6-7-18(17)27-2/h3-11,23H,12H2,1-2H3,(H,22,24). The molecule has 0 spiro atoms. The Morgan fingerprint density at radius 1 is 1.17 bits per heavy atom. The highest BCUT2D eigenvalue weighted by atomic mass is 35.5. The van der Waals surface area contributed by atoms with Crippen molar-refractivity contribution in [2.75, 3.05) is 11.8 Å². The second kappa shape index (κ2) is 8.86. The third-order valence-electron chi connectivity index (χ3n) is 4.19. The van der Waals surface area contributed by atoms with Gasteiger partial charge in [0.15, 0.2) is 0 Å². The number of ether oxygens (including phenoxy) is 1. The molecule has 29 heavy (non-hydrogen) atoms. The molecule has 0 aliphatic rings. The van der Waals surface area contributed by atoms with Gasteiger partial charge in [-0.25, -0.2) is 8.42 Å². The molecule has 2 aromatic carbocycles. The lowest BCUT2D eigenvalue weighted by Gasteiger charge is -2.13. The first-order valence-corrected chi connectivity index (χ1v) is 11.3. The fraction of sp³-hybridized carbons (Fsp3) is 0.150. The molecule has 0 atom stereocenters. The molecule has 0 saturated heterocycles. The number of carbonyl (C=O) groups is 1. The summed E-state index contributed by atoms with van der Waals surface area (Å²) < 4.78 is 33.2. The Morgan fingerprint density at radius 2 is 1.97 bits per heavy atom. The average Bonchev–Trinajstić information content (AvgIpc) is 3.11. The van der Waals surface area contributed by atoms with Crippen molar-refractivity contribution < 1.29 is 17.9 Å². The van der Waals surface area contributed by atoms with Gasteiger partial charge >= 0.3 is 0 Å². The largest absolute Gasteiger partial charge is 0.495 e. The summed E-state index contributed by atoms with van der Waals surface area (Å²) in [5.74, 6) is -0.0200. The Bertz CT molecular complexity index is 1140. The molecule has 3 aromatic rings. The molecule has 0 aliphatic heterocycles. The van der Waals surface area contributed by atoms with Crippen LogP contribution in [0.5, 0.6) is 5.75 Å². The molecule has 9 heteroatoms. The fourth-order valence-electron chi connectivity index (χ4n) is 2.62. The first-order chi connectivity index (χ1) is 13.8. The molecule has 0 bridgehead atoms. The van der Waals surface area contributed by atoms with Crippen molar-refractivity contribution in [1.82, 2.24) is 5.32 Å². The van der Waals surface area contributed by atoms with Crippen molar-refractivity contribution in [3.8, 4) is 5.75 Å². The summed E-state index contributed by atoms with van der Waals surface area (Å²) in [6, 6.07) is 12.4. The lowest BCUT2D eigenvalue weighted by atomic mass is 10.2. The van der Waals surface area contributed by atoms with Gasteiger partial charge in [0.1, 0.15) is 5.75 Å². The zero-order valence-corrected chi connectivity index (χ0v) is 18.1. The Balaban J connectivity index is 1.80. The second-order valence-electron chi connectivity index (χ2n) is 6.19. The number of thiophene rings is 1. The zero-order valence-electron chi connectivity index (χ0n) is 15.7. The quantitative estimate of drug-likeness (QED) is 0.557. The minimum absolute atomic E-state index is 0.0421. The van der Waals surface area contributed by atoms with E-state index in [4.69, 9.17) is 16.3 Å². The van der Waals surface area contributed by atoms with Crippen LogP contribution in [0.25, 0.3) is 0 Å². The van der Waals surface area contributed by atoms with Crippen LogP contribution < -0.4 is 14.8 Å². The summed E-state index contributed by atoms with van der Waals surface area (Å²) >= 11 is 7.52. The number of aryl methyl sites for hydroxylation is 1. The number of amides is 1. The molecule has 2 N–H and O–H groups in total. The summed E-state index contributed by atoms with van der Waals surface area (Å²) in [6.07, 6.45) is 0. The van der Waals surface area contributed by atoms with E-state index in [0.717, 1.165) is 10.4 Å². The van der Waals surface area contributed by atoms with E-state index in [1.54, 1.807) is 29.5 Å². The van der Waals surface area contributed by atoms with Crippen LogP contribution in [0.1, 0.15) is 20.8 Å². The molecule has 0 aliphatic carbocycles. The van der Waals surface area contributed by atoms with E-state index in [1.165, 1.54) is 31.4 Å². The monoisotopic (exact) mass is 450 g/mol. The van der Waals surface area contributed by atoms with Crippen LogP contribution >= 0.6 is 22.9 Å². The number of nitrogens with one attached hydrogen (secondary N) is 2. The fourth-order valence-corrected chi connectivity index (χ4v) is 4.74. The Morgan fingerprint density at radius 3 is 2.66 bits per heavy atom. The Hall–Kier alpha value is -2.55. The van der Waals surface area contributed by atoms with Crippen molar-refractivity contribution in [3.63, 3.8) is 0 Å². The predicted octanol–water partition coefficient (Wildman–Crippen LogP) is 4.45. The van der Waals surface area contributed by atoms with Crippen molar-refractivity contribution >= 4 is 44.6 Å². The van der Waals surface area contributed by atoms with Crippen molar-refractivity contribution in [2.45, 2.75) is 18.4 Å². The maximum absolute atomic E-state index is 12.8. The number of sulfonamides is 1. The number of halogens is 1. The smallest absolute Gasteiger partial charge is 0.262 e. The van der Waals surface area contributed by atoms with Gasteiger partial charge in [-0.15, -0.1) is 11.3 Å². The molecule has 0 unspecified atom stereocenters. The topological polar surface area (TPSA) is 84.5 Å².